The number of nitrogens with zero attached hydrogens (tertiary/aromatic N) is 1. The van der Waals surface area contributed by atoms with Crippen LogP contribution in [0.4, 0.5) is 5.69 Å². The number of amides is 1. The zero-order valence-corrected chi connectivity index (χ0v) is 15.3. The molecule has 0 bridgehead atoms. The van der Waals surface area contributed by atoms with Crippen molar-refractivity contribution in [1.29, 1.82) is 0 Å². The number of para-hydroxylation sites is 1. The molecule has 1 aliphatic heterocycles. The van der Waals surface area contributed by atoms with Crippen LogP contribution in [0.3, 0.4) is 0 Å². The number of nitrogens with one attached hydrogen (secondary N) is 1. The Labute approximate surface area is 153 Å². The summed E-state index contributed by atoms with van der Waals surface area (Å²) in [4.78, 5) is 14.9. The minimum atomic E-state index is -0.261. The van der Waals surface area contributed by atoms with E-state index in [1.54, 1.807) is 6.07 Å². The zero-order valence-electron chi connectivity index (χ0n) is 13.1. The average Bonchev–Trinajstić information content (AvgIpc) is 3.42. The van der Waals surface area contributed by atoms with Crippen LogP contribution in [0.1, 0.15) is 34.9 Å². The molecule has 6 heteroatoms. The van der Waals surface area contributed by atoms with Crippen molar-refractivity contribution in [2.24, 2.45) is 0 Å². The standard InChI is InChI=1S/C18H17IN2O3/c1-24-15-9-10(8-13(19)16(15)22)17-20-14-5-3-2-4-12(14)18(23)21(17)11-6-7-11/h2-5,8-9,11,17,20,22H,6-7H2,1H3/t17-/m1/s1. The molecule has 0 saturated heterocycles. The van der Waals surface area contributed by atoms with Gasteiger partial charge < -0.3 is 20.1 Å². The van der Waals surface area contributed by atoms with Crippen molar-refractivity contribution in [3.8, 4) is 11.5 Å². The molecule has 0 aromatic heterocycles. The van der Waals surface area contributed by atoms with Crippen molar-refractivity contribution in [3.63, 3.8) is 0 Å². The predicted molar refractivity (Wildman–Crippen MR) is 99.4 cm³/mol. The number of hydrogen-bond acceptors (Lipinski definition) is 4. The van der Waals surface area contributed by atoms with Gasteiger partial charge >= 0.3 is 0 Å². The molecular formula is C18H17IN2O3. The number of rotatable bonds is 3. The van der Waals surface area contributed by atoms with Gasteiger partial charge in [-0.05, 0) is 65.3 Å². The molecule has 2 aromatic rings. The topological polar surface area (TPSA) is 61.8 Å². The maximum atomic E-state index is 13.0. The van der Waals surface area contributed by atoms with E-state index in [4.69, 9.17) is 4.74 Å². The summed E-state index contributed by atoms with van der Waals surface area (Å²) >= 11 is 2.08. The summed E-state index contributed by atoms with van der Waals surface area (Å²) < 4.78 is 5.98. The minimum Gasteiger partial charge on any atom is -0.504 e. The van der Waals surface area contributed by atoms with Crippen LogP contribution in [0, 0.1) is 3.57 Å². The predicted octanol–water partition coefficient (Wildman–Crippen LogP) is 3.73. The molecule has 0 unspecified atom stereocenters. The number of carbonyl (C=O) groups is 1. The van der Waals surface area contributed by atoms with Crippen molar-refractivity contribution in [2.45, 2.75) is 25.0 Å². The molecule has 5 nitrogen and oxygen atoms in total. The van der Waals surface area contributed by atoms with Gasteiger partial charge in [-0.3, -0.25) is 4.79 Å². The summed E-state index contributed by atoms with van der Waals surface area (Å²) in [5.74, 6) is 0.599. The second kappa shape index (κ2) is 5.84. The Morgan fingerprint density at radius 2 is 2.04 bits per heavy atom. The highest BCUT2D eigenvalue weighted by atomic mass is 127. The summed E-state index contributed by atoms with van der Waals surface area (Å²) in [5, 5.41) is 13.6. The Morgan fingerprint density at radius 1 is 1.29 bits per heavy atom. The van der Waals surface area contributed by atoms with E-state index in [9.17, 15) is 9.90 Å². The van der Waals surface area contributed by atoms with E-state index in [2.05, 4.69) is 27.9 Å². The van der Waals surface area contributed by atoms with Crippen molar-refractivity contribution < 1.29 is 14.6 Å². The van der Waals surface area contributed by atoms with Gasteiger partial charge in [0.2, 0.25) is 0 Å². The number of hydrogen-bond donors (Lipinski definition) is 2. The lowest BCUT2D eigenvalue weighted by atomic mass is 10.0. The molecule has 1 amide bonds. The maximum absolute atomic E-state index is 13.0. The first-order valence-corrected chi connectivity index (χ1v) is 8.92. The number of methoxy groups -OCH3 is 1. The first kappa shape index (κ1) is 15.6. The molecule has 1 atom stereocenters. The zero-order chi connectivity index (χ0) is 16.8. The summed E-state index contributed by atoms with van der Waals surface area (Å²) in [6.07, 6.45) is 1.79. The lowest BCUT2D eigenvalue weighted by Crippen LogP contribution is -2.44. The molecule has 124 valence electrons. The molecule has 1 aliphatic carbocycles. The van der Waals surface area contributed by atoms with Crippen LogP contribution in [0.2, 0.25) is 0 Å². The molecule has 1 saturated carbocycles. The van der Waals surface area contributed by atoms with Gasteiger partial charge in [0.25, 0.3) is 5.91 Å². The van der Waals surface area contributed by atoms with Crippen molar-refractivity contribution >= 4 is 34.2 Å². The number of carbonyl (C=O) groups excluding carboxylic acids is 1. The molecule has 0 radical (unpaired) electrons. The number of ether oxygens (including phenoxy) is 1. The van der Waals surface area contributed by atoms with Gasteiger partial charge in [-0.15, -0.1) is 0 Å². The lowest BCUT2D eigenvalue weighted by Gasteiger charge is -2.38. The summed E-state index contributed by atoms with van der Waals surface area (Å²) in [6, 6.07) is 11.5. The van der Waals surface area contributed by atoms with Gasteiger partial charge in [0.15, 0.2) is 11.5 Å². The van der Waals surface area contributed by atoms with E-state index in [1.807, 2.05) is 35.2 Å². The van der Waals surface area contributed by atoms with Crippen LogP contribution >= 0.6 is 22.6 Å². The first-order valence-electron chi connectivity index (χ1n) is 7.84. The van der Waals surface area contributed by atoms with E-state index in [0.717, 1.165) is 24.1 Å². The van der Waals surface area contributed by atoms with Crippen LogP contribution in [-0.2, 0) is 0 Å². The third-order valence-electron chi connectivity index (χ3n) is 4.49. The van der Waals surface area contributed by atoms with Gasteiger partial charge in [-0.1, -0.05) is 12.1 Å². The van der Waals surface area contributed by atoms with E-state index < -0.39 is 0 Å². The quantitative estimate of drug-likeness (QED) is 0.720. The second-order valence-corrected chi connectivity index (χ2v) is 7.25. The fourth-order valence-corrected chi connectivity index (χ4v) is 3.77. The second-order valence-electron chi connectivity index (χ2n) is 6.09. The highest BCUT2D eigenvalue weighted by Crippen LogP contribution is 2.43. The molecule has 0 spiro atoms. The Bertz CT molecular complexity index is 820. The highest BCUT2D eigenvalue weighted by molar-refractivity contribution is 14.1. The smallest absolute Gasteiger partial charge is 0.258 e. The SMILES string of the molecule is COc1cc([C@@H]2Nc3ccccc3C(=O)N2C2CC2)cc(I)c1O. The first-order chi connectivity index (χ1) is 11.6. The average molecular weight is 436 g/mol. The molecule has 24 heavy (non-hydrogen) atoms. The van der Waals surface area contributed by atoms with E-state index in [-0.39, 0.29) is 23.9 Å². The Balaban J connectivity index is 1.82. The monoisotopic (exact) mass is 436 g/mol. The third-order valence-corrected chi connectivity index (χ3v) is 5.31. The number of fused-ring (bicyclic) bond motifs is 1. The Morgan fingerprint density at radius 3 is 2.75 bits per heavy atom. The van der Waals surface area contributed by atoms with Gasteiger partial charge in [-0.25, -0.2) is 0 Å². The Hall–Kier alpha value is -1.96. The van der Waals surface area contributed by atoms with E-state index in [0.29, 0.717) is 14.9 Å². The van der Waals surface area contributed by atoms with Gasteiger partial charge in [0.1, 0.15) is 6.17 Å². The summed E-state index contributed by atoms with van der Waals surface area (Å²) in [5.41, 5.74) is 2.45. The third kappa shape index (κ3) is 2.49. The minimum absolute atomic E-state index is 0.0545. The van der Waals surface area contributed by atoms with Crippen LogP contribution in [0.15, 0.2) is 36.4 Å². The number of anilines is 1. The van der Waals surface area contributed by atoms with Gasteiger partial charge in [0.05, 0.1) is 16.2 Å². The van der Waals surface area contributed by atoms with Gasteiger partial charge in [0, 0.05) is 11.7 Å². The molecule has 2 aromatic carbocycles. The van der Waals surface area contributed by atoms with Crippen molar-refractivity contribution in [1.82, 2.24) is 4.90 Å². The fourth-order valence-electron chi connectivity index (χ4n) is 3.15. The normalized spacial score (nSPS) is 19.7. The maximum Gasteiger partial charge on any atom is 0.258 e. The number of aromatic hydroxyl groups is 1. The molecule has 1 heterocycles. The van der Waals surface area contributed by atoms with Crippen LogP contribution in [-0.4, -0.2) is 29.1 Å². The van der Waals surface area contributed by atoms with Crippen LogP contribution in [0.25, 0.3) is 0 Å². The molecule has 2 N–H and O–H groups in total. The largest absolute Gasteiger partial charge is 0.504 e. The van der Waals surface area contributed by atoms with Crippen molar-refractivity contribution in [2.75, 3.05) is 12.4 Å². The van der Waals surface area contributed by atoms with Crippen LogP contribution in [0.5, 0.6) is 11.5 Å². The number of benzene rings is 2. The number of halogens is 1. The van der Waals surface area contributed by atoms with Gasteiger partial charge in [-0.2, -0.15) is 0 Å². The highest BCUT2D eigenvalue weighted by Gasteiger charge is 2.42. The molecule has 4 rings (SSSR count). The van der Waals surface area contributed by atoms with Crippen LogP contribution < -0.4 is 10.1 Å². The number of phenols is 1. The molecule has 2 aliphatic rings. The molecule has 1 fully saturated rings. The summed E-state index contributed by atoms with van der Waals surface area (Å²) in [7, 11) is 1.53. The van der Waals surface area contributed by atoms with Crippen molar-refractivity contribution in [3.05, 3.63) is 51.1 Å². The molecular weight excluding hydrogens is 419 g/mol. The summed E-state index contributed by atoms with van der Waals surface area (Å²) in [6.45, 7) is 0. The Kier molecular flexibility index (Phi) is 3.79. The fraction of sp³-hybridized carbons (Fsp3) is 0.278. The number of phenolic OH excluding ortho intramolecular Hbond substituents is 1. The van der Waals surface area contributed by atoms with E-state index in [1.165, 1.54) is 7.11 Å². The lowest BCUT2D eigenvalue weighted by molar-refractivity contribution is 0.0666. The van der Waals surface area contributed by atoms with E-state index >= 15 is 0 Å².